The molecule has 0 atom stereocenters. The van der Waals surface area contributed by atoms with E-state index in [1.165, 1.54) is 12.1 Å². The SMILES string of the molecule is Cc1noc(C)c1Cc1cc(F)ccc1Br. The average Bonchev–Trinajstić information content (AvgIpc) is 2.55. The molecule has 1 heterocycles. The molecule has 0 fully saturated rings. The second-order valence-corrected chi connectivity index (χ2v) is 4.57. The van der Waals surface area contributed by atoms with Crippen LogP contribution in [0.1, 0.15) is 22.6 Å². The van der Waals surface area contributed by atoms with E-state index in [4.69, 9.17) is 4.52 Å². The van der Waals surface area contributed by atoms with Crippen molar-refractivity contribution in [2.75, 3.05) is 0 Å². The van der Waals surface area contributed by atoms with E-state index in [2.05, 4.69) is 21.1 Å². The molecular weight excluding hydrogens is 273 g/mol. The molecule has 0 aliphatic rings. The minimum atomic E-state index is -0.232. The Morgan fingerprint density at radius 3 is 2.75 bits per heavy atom. The molecule has 2 aromatic rings. The highest BCUT2D eigenvalue weighted by Gasteiger charge is 2.11. The zero-order chi connectivity index (χ0) is 11.7. The molecule has 0 saturated heterocycles. The summed E-state index contributed by atoms with van der Waals surface area (Å²) in [6, 6.07) is 4.67. The molecule has 0 aliphatic carbocycles. The highest BCUT2D eigenvalue weighted by molar-refractivity contribution is 9.10. The molecule has 0 aliphatic heterocycles. The van der Waals surface area contributed by atoms with Crippen molar-refractivity contribution in [1.82, 2.24) is 5.16 Å². The Morgan fingerprint density at radius 2 is 2.12 bits per heavy atom. The van der Waals surface area contributed by atoms with Crippen LogP contribution >= 0.6 is 15.9 Å². The standard InChI is InChI=1S/C12H11BrFNO/c1-7-11(8(2)16-15-7)6-9-5-10(14)3-4-12(9)13/h3-5H,6H2,1-2H3. The number of hydrogen-bond acceptors (Lipinski definition) is 2. The van der Waals surface area contributed by atoms with Crippen molar-refractivity contribution < 1.29 is 8.91 Å². The summed E-state index contributed by atoms with van der Waals surface area (Å²) in [4.78, 5) is 0. The molecule has 2 rings (SSSR count). The van der Waals surface area contributed by atoms with Crippen LogP contribution in [0, 0.1) is 19.7 Å². The predicted octanol–water partition coefficient (Wildman–Crippen LogP) is 3.78. The van der Waals surface area contributed by atoms with Gasteiger partial charge >= 0.3 is 0 Å². The fraction of sp³-hybridized carbons (Fsp3) is 0.250. The Morgan fingerprint density at radius 1 is 1.38 bits per heavy atom. The number of aromatic nitrogens is 1. The van der Waals surface area contributed by atoms with Crippen molar-refractivity contribution in [1.29, 1.82) is 0 Å². The van der Waals surface area contributed by atoms with Crippen molar-refractivity contribution in [3.05, 3.63) is 51.1 Å². The van der Waals surface area contributed by atoms with Gasteiger partial charge in [-0.05, 0) is 37.6 Å². The molecule has 0 radical (unpaired) electrons. The Hall–Kier alpha value is -1.16. The van der Waals surface area contributed by atoms with Gasteiger partial charge < -0.3 is 4.52 Å². The molecule has 1 aromatic heterocycles. The van der Waals surface area contributed by atoms with E-state index in [1.807, 2.05) is 13.8 Å². The lowest BCUT2D eigenvalue weighted by atomic mass is 10.0. The molecular formula is C12H11BrFNO. The number of benzene rings is 1. The molecule has 84 valence electrons. The summed E-state index contributed by atoms with van der Waals surface area (Å²) < 4.78 is 19.1. The number of hydrogen-bond donors (Lipinski definition) is 0. The maximum atomic E-state index is 13.1. The van der Waals surface area contributed by atoms with Crippen molar-refractivity contribution in [3.63, 3.8) is 0 Å². The van der Waals surface area contributed by atoms with Gasteiger partial charge in [-0.1, -0.05) is 21.1 Å². The van der Waals surface area contributed by atoms with E-state index in [0.717, 1.165) is 27.1 Å². The summed E-state index contributed by atoms with van der Waals surface area (Å²) in [6.07, 6.45) is 0.625. The number of halogens is 2. The van der Waals surface area contributed by atoms with Crippen molar-refractivity contribution in [3.8, 4) is 0 Å². The van der Waals surface area contributed by atoms with E-state index in [9.17, 15) is 4.39 Å². The third-order valence-electron chi connectivity index (χ3n) is 2.56. The van der Waals surface area contributed by atoms with Gasteiger partial charge in [-0.15, -0.1) is 0 Å². The van der Waals surface area contributed by atoms with Crippen LogP contribution < -0.4 is 0 Å². The number of nitrogens with zero attached hydrogens (tertiary/aromatic N) is 1. The molecule has 2 nitrogen and oxygen atoms in total. The monoisotopic (exact) mass is 283 g/mol. The lowest BCUT2D eigenvalue weighted by molar-refractivity contribution is 0.392. The first-order valence-corrected chi connectivity index (χ1v) is 5.73. The molecule has 4 heteroatoms. The van der Waals surface area contributed by atoms with E-state index in [-0.39, 0.29) is 5.82 Å². The van der Waals surface area contributed by atoms with E-state index >= 15 is 0 Å². The maximum absolute atomic E-state index is 13.1. The van der Waals surface area contributed by atoms with Gasteiger partial charge in [0.25, 0.3) is 0 Å². The van der Waals surface area contributed by atoms with Crippen LogP contribution in [0.25, 0.3) is 0 Å². The van der Waals surface area contributed by atoms with E-state index < -0.39 is 0 Å². The first-order valence-electron chi connectivity index (χ1n) is 4.93. The first-order chi connectivity index (χ1) is 7.58. The van der Waals surface area contributed by atoms with Gasteiger partial charge in [-0.25, -0.2) is 4.39 Å². The zero-order valence-corrected chi connectivity index (χ0v) is 10.6. The summed E-state index contributed by atoms with van der Waals surface area (Å²) in [5.74, 6) is 0.554. The molecule has 0 bridgehead atoms. The topological polar surface area (TPSA) is 26.0 Å². The number of aryl methyl sites for hydroxylation is 2. The fourth-order valence-corrected chi connectivity index (χ4v) is 2.01. The van der Waals surface area contributed by atoms with Gasteiger partial charge in [0.15, 0.2) is 0 Å². The van der Waals surface area contributed by atoms with Crippen molar-refractivity contribution in [2.24, 2.45) is 0 Å². The van der Waals surface area contributed by atoms with E-state index in [1.54, 1.807) is 6.07 Å². The Kier molecular flexibility index (Phi) is 3.10. The van der Waals surface area contributed by atoms with Gasteiger partial charge in [-0.3, -0.25) is 0 Å². The molecule has 0 saturated carbocycles. The third-order valence-corrected chi connectivity index (χ3v) is 3.33. The van der Waals surface area contributed by atoms with Gasteiger partial charge in [-0.2, -0.15) is 0 Å². The van der Waals surface area contributed by atoms with Gasteiger partial charge in [0.2, 0.25) is 0 Å². The lowest BCUT2D eigenvalue weighted by Crippen LogP contribution is -1.93. The lowest BCUT2D eigenvalue weighted by Gasteiger charge is -2.04. The van der Waals surface area contributed by atoms with Crippen LogP contribution in [0.5, 0.6) is 0 Å². The quantitative estimate of drug-likeness (QED) is 0.838. The molecule has 0 N–H and O–H groups in total. The third kappa shape index (κ3) is 2.16. The summed E-state index contributed by atoms with van der Waals surface area (Å²) in [5.41, 5.74) is 2.77. The first kappa shape index (κ1) is 11.3. The van der Waals surface area contributed by atoms with Crippen LogP contribution in [-0.2, 0) is 6.42 Å². The van der Waals surface area contributed by atoms with E-state index in [0.29, 0.717) is 6.42 Å². The zero-order valence-electron chi connectivity index (χ0n) is 9.05. The van der Waals surface area contributed by atoms with Crippen LogP contribution in [0.4, 0.5) is 4.39 Å². The highest BCUT2D eigenvalue weighted by Crippen LogP contribution is 2.23. The second-order valence-electron chi connectivity index (χ2n) is 3.72. The molecule has 16 heavy (non-hydrogen) atoms. The van der Waals surface area contributed by atoms with Crippen LogP contribution in [-0.4, -0.2) is 5.16 Å². The average molecular weight is 284 g/mol. The maximum Gasteiger partial charge on any atom is 0.137 e. The fourth-order valence-electron chi connectivity index (χ4n) is 1.62. The molecule has 0 unspecified atom stereocenters. The minimum Gasteiger partial charge on any atom is -0.361 e. The molecule has 0 amide bonds. The Bertz CT molecular complexity index is 502. The Labute approximate surface area is 102 Å². The summed E-state index contributed by atoms with van der Waals surface area (Å²) in [7, 11) is 0. The minimum absolute atomic E-state index is 0.232. The molecule has 1 aromatic carbocycles. The summed E-state index contributed by atoms with van der Waals surface area (Å²) in [5, 5.41) is 3.88. The van der Waals surface area contributed by atoms with Gasteiger partial charge in [0.1, 0.15) is 11.6 Å². The predicted molar refractivity (Wildman–Crippen MR) is 62.9 cm³/mol. The van der Waals surface area contributed by atoms with Crippen LogP contribution in [0.15, 0.2) is 27.2 Å². The van der Waals surface area contributed by atoms with Gasteiger partial charge in [0, 0.05) is 16.5 Å². The second kappa shape index (κ2) is 4.37. The van der Waals surface area contributed by atoms with Crippen LogP contribution in [0.2, 0.25) is 0 Å². The summed E-state index contributed by atoms with van der Waals surface area (Å²) in [6.45, 7) is 3.75. The molecule has 0 spiro atoms. The normalized spacial score (nSPS) is 10.8. The summed E-state index contributed by atoms with van der Waals surface area (Å²) >= 11 is 3.41. The largest absolute Gasteiger partial charge is 0.361 e. The van der Waals surface area contributed by atoms with Gasteiger partial charge in [0.05, 0.1) is 5.69 Å². The van der Waals surface area contributed by atoms with Crippen molar-refractivity contribution in [2.45, 2.75) is 20.3 Å². The van der Waals surface area contributed by atoms with Crippen molar-refractivity contribution >= 4 is 15.9 Å². The highest BCUT2D eigenvalue weighted by atomic mass is 79.9. The Balaban J connectivity index is 2.37. The van der Waals surface area contributed by atoms with Crippen LogP contribution in [0.3, 0.4) is 0 Å². The smallest absolute Gasteiger partial charge is 0.137 e. The number of rotatable bonds is 2.